The van der Waals surface area contributed by atoms with Crippen LogP contribution in [-0.2, 0) is 13.0 Å². The van der Waals surface area contributed by atoms with Gasteiger partial charge in [0.2, 0.25) is 0 Å². The molecule has 192 valence electrons. The Morgan fingerprint density at radius 1 is 1.00 bits per heavy atom. The number of thiophene rings is 1. The fourth-order valence-electron chi connectivity index (χ4n) is 5.33. The molecular weight excluding hydrogens is 588 g/mol. The fraction of sp³-hybridized carbons (Fsp3) is 0.125. The van der Waals surface area contributed by atoms with Gasteiger partial charge in [-0.05, 0) is 80.7 Å². The lowest BCUT2D eigenvalue weighted by Crippen LogP contribution is -2.38. The molecule has 1 aliphatic heterocycles. The van der Waals surface area contributed by atoms with Gasteiger partial charge in [0.1, 0.15) is 12.4 Å². The third-order valence-corrected chi connectivity index (χ3v) is 9.70. The molecule has 7 rings (SSSR count). The number of hydrogen-bond acceptors (Lipinski definition) is 5. The summed E-state index contributed by atoms with van der Waals surface area (Å²) >= 11 is 6.81. The molecule has 0 fully saturated rings. The van der Waals surface area contributed by atoms with Gasteiger partial charge in [-0.2, -0.15) is 0 Å². The molecule has 39 heavy (non-hydrogen) atoms. The molecule has 0 saturated carbocycles. The van der Waals surface area contributed by atoms with Crippen LogP contribution in [0.25, 0.3) is 11.8 Å². The van der Waals surface area contributed by atoms with Crippen molar-refractivity contribution in [2.75, 3.05) is 0 Å². The Hall–Kier alpha value is -3.52. The van der Waals surface area contributed by atoms with E-state index in [-0.39, 0.29) is 11.6 Å². The van der Waals surface area contributed by atoms with Crippen LogP contribution in [0.15, 0.2) is 110 Å². The van der Waals surface area contributed by atoms with Gasteiger partial charge in [-0.25, -0.2) is 4.99 Å². The average Bonchev–Trinajstić information content (AvgIpc) is 3.60. The van der Waals surface area contributed by atoms with E-state index in [2.05, 4.69) is 57.7 Å². The maximum absolute atomic E-state index is 13.9. The number of halogens is 1. The number of aromatic nitrogens is 1. The molecule has 0 unspecified atom stereocenters. The number of benzene rings is 3. The molecule has 3 aromatic carbocycles. The van der Waals surface area contributed by atoms with Crippen molar-refractivity contribution in [3.63, 3.8) is 0 Å². The largest absolute Gasteiger partial charge is 0.488 e. The topological polar surface area (TPSA) is 43.6 Å². The Balaban J connectivity index is 1.29. The van der Waals surface area contributed by atoms with Crippen LogP contribution in [0.1, 0.15) is 39.6 Å². The summed E-state index contributed by atoms with van der Waals surface area (Å²) in [6.07, 6.45) is 3.82. The lowest BCUT2D eigenvalue weighted by atomic mass is 9.85. The second-order valence-corrected chi connectivity index (χ2v) is 12.4. The summed E-state index contributed by atoms with van der Waals surface area (Å²) in [6, 6.07) is 28.6. The number of ether oxygens (including phenoxy) is 1. The molecule has 1 aliphatic carbocycles. The minimum atomic E-state index is -0.118. The van der Waals surface area contributed by atoms with E-state index in [0.717, 1.165) is 44.7 Å². The van der Waals surface area contributed by atoms with Crippen LogP contribution < -0.4 is 19.6 Å². The van der Waals surface area contributed by atoms with Crippen LogP contribution >= 0.6 is 38.6 Å². The van der Waals surface area contributed by atoms with Crippen molar-refractivity contribution in [2.24, 2.45) is 4.99 Å². The molecule has 0 spiro atoms. The van der Waals surface area contributed by atoms with Gasteiger partial charge in [0.25, 0.3) is 5.56 Å². The minimum Gasteiger partial charge on any atom is -0.488 e. The number of hydrogen-bond donors (Lipinski definition) is 0. The van der Waals surface area contributed by atoms with Gasteiger partial charge < -0.3 is 4.74 Å². The molecule has 0 amide bonds. The Bertz CT molecular complexity index is 1900. The molecule has 2 aliphatic rings. The highest BCUT2D eigenvalue weighted by Crippen LogP contribution is 2.42. The number of allylic oxidation sites excluding steroid dienone is 1. The minimum absolute atomic E-state index is 0.00286. The SMILES string of the molecule is O=c1/c(=C/c2ccc(OCc3ccccc3)c(Br)c2)sc2n1[C@H](c1cccs1)C1=C(N=2)c2ccccc2CC1. The summed E-state index contributed by atoms with van der Waals surface area (Å²) < 4.78 is 9.44. The molecule has 2 aromatic heterocycles. The monoisotopic (exact) mass is 610 g/mol. The Morgan fingerprint density at radius 2 is 1.85 bits per heavy atom. The smallest absolute Gasteiger partial charge is 0.271 e. The van der Waals surface area contributed by atoms with E-state index < -0.39 is 0 Å². The number of rotatable bonds is 5. The molecule has 0 bridgehead atoms. The van der Waals surface area contributed by atoms with Crippen molar-refractivity contribution in [3.05, 3.63) is 147 Å². The summed E-state index contributed by atoms with van der Waals surface area (Å²) in [6.45, 7) is 0.494. The van der Waals surface area contributed by atoms with Gasteiger partial charge in [0.05, 0.1) is 20.7 Å². The van der Waals surface area contributed by atoms with Gasteiger partial charge in [0, 0.05) is 10.4 Å². The van der Waals surface area contributed by atoms with Crippen LogP contribution in [0.5, 0.6) is 5.75 Å². The molecule has 3 heterocycles. The Labute approximate surface area is 242 Å². The highest BCUT2D eigenvalue weighted by atomic mass is 79.9. The zero-order valence-electron chi connectivity index (χ0n) is 20.8. The summed E-state index contributed by atoms with van der Waals surface area (Å²) in [7, 11) is 0. The van der Waals surface area contributed by atoms with E-state index in [1.54, 1.807) is 11.3 Å². The quantitative estimate of drug-likeness (QED) is 0.222. The molecule has 4 nitrogen and oxygen atoms in total. The number of aryl methyl sites for hydroxylation is 1. The van der Waals surface area contributed by atoms with E-state index >= 15 is 0 Å². The summed E-state index contributed by atoms with van der Waals surface area (Å²) in [5, 5.41) is 2.08. The number of nitrogens with zero attached hydrogens (tertiary/aromatic N) is 2. The average molecular weight is 612 g/mol. The third kappa shape index (κ3) is 4.54. The van der Waals surface area contributed by atoms with Crippen molar-refractivity contribution in [2.45, 2.75) is 25.5 Å². The summed E-state index contributed by atoms with van der Waals surface area (Å²) in [5.74, 6) is 0.765. The standard InChI is InChI=1S/C32H23BrN2O2S2/c33-25-17-21(12-15-26(25)37-19-20-7-2-1-3-8-20)18-28-31(36)35-30(27-11-6-16-38-27)24-14-13-22-9-4-5-10-23(22)29(24)34-32(35)39-28/h1-12,15-18,30H,13-14,19H2/b28-18-/t30-/m0/s1. The molecular formula is C32H23BrN2O2S2. The lowest BCUT2D eigenvalue weighted by molar-refractivity contribution is 0.304. The van der Waals surface area contributed by atoms with Gasteiger partial charge >= 0.3 is 0 Å². The zero-order chi connectivity index (χ0) is 26.3. The molecule has 7 heteroatoms. The van der Waals surface area contributed by atoms with E-state index in [1.165, 1.54) is 32.9 Å². The first-order chi connectivity index (χ1) is 19.2. The predicted molar refractivity (Wildman–Crippen MR) is 162 cm³/mol. The van der Waals surface area contributed by atoms with Gasteiger partial charge in [-0.15, -0.1) is 11.3 Å². The van der Waals surface area contributed by atoms with Crippen LogP contribution in [-0.4, -0.2) is 4.57 Å². The first kappa shape index (κ1) is 24.5. The lowest BCUT2D eigenvalue weighted by Gasteiger charge is -2.30. The van der Waals surface area contributed by atoms with Crippen molar-refractivity contribution < 1.29 is 4.74 Å². The van der Waals surface area contributed by atoms with E-state index in [4.69, 9.17) is 9.73 Å². The van der Waals surface area contributed by atoms with Crippen LogP contribution in [0, 0.1) is 0 Å². The van der Waals surface area contributed by atoms with Gasteiger partial charge in [0.15, 0.2) is 4.80 Å². The van der Waals surface area contributed by atoms with Crippen molar-refractivity contribution in [1.29, 1.82) is 0 Å². The Kier molecular flexibility index (Phi) is 6.43. The zero-order valence-corrected chi connectivity index (χ0v) is 24.1. The van der Waals surface area contributed by atoms with E-state index in [0.29, 0.717) is 11.1 Å². The second-order valence-electron chi connectivity index (χ2n) is 9.59. The Morgan fingerprint density at radius 3 is 2.67 bits per heavy atom. The summed E-state index contributed by atoms with van der Waals surface area (Å²) in [5.41, 5.74) is 6.82. The van der Waals surface area contributed by atoms with Crippen molar-refractivity contribution >= 4 is 50.4 Å². The van der Waals surface area contributed by atoms with E-state index in [1.807, 2.05) is 59.2 Å². The third-order valence-electron chi connectivity index (χ3n) is 7.18. The maximum Gasteiger partial charge on any atom is 0.271 e. The predicted octanol–water partition coefficient (Wildman–Crippen LogP) is 6.72. The molecule has 0 saturated heterocycles. The fourth-order valence-corrected chi connectivity index (χ4v) is 7.69. The number of fused-ring (bicyclic) bond motifs is 3. The van der Waals surface area contributed by atoms with Crippen molar-refractivity contribution in [1.82, 2.24) is 4.57 Å². The van der Waals surface area contributed by atoms with Crippen LogP contribution in [0.3, 0.4) is 0 Å². The highest BCUT2D eigenvalue weighted by Gasteiger charge is 2.33. The molecule has 1 atom stereocenters. The molecule has 0 N–H and O–H groups in total. The molecule has 0 radical (unpaired) electrons. The van der Waals surface area contributed by atoms with E-state index in [9.17, 15) is 4.79 Å². The maximum atomic E-state index is 13.9. The highest BCUT2D eigenvalue weighted by molar-refractivity contribution is 9.10. The van der Waals surface area contributed by atoms with Gasteiger partial charge in [-0.3, -0.25) is 9.36 Å². The molecule has 5 aromatic rings. The first-order valence-corrected chi connectivity index (χ1v) is 15.3. The van der Waals surface area contributed by atoms with Crippen LogP contribution in [0.2, 0.25) is 0 Å². The second kappa shape index (κ2) is 10.2. The van der Waals surface area contributed by atoms with Gasteiger partial charge in [-0.1, -0.05) is 78.1 Å². The van der Waals surface area contributed by atoms with Crippen LogP contribution in [0.4, 0.5) is 0 Å². The first-order valence-electron chi connectivity index (χ1n) is 12.8. The number of thiazole rings is 1. The van der Waals surface area contributed by atoms with Crippen molar-refractivity contribution in [3.8, 4) is 5.75 Å². The summed E-state index contributed by atoms with van der Waals surface area (Å²) in [4.78, 5) is 20.9. The normalized spacial score (nSPS) is 16.3.